The zero-order chi connectivity index (χ0) is 28.9. The average molecular weight is 582 g/mol. The van der Waals surface area contributed by atoms with Crippen LogP contribution in [-0.4, -0.2) is 43.8 Å². The molecule has 9 heteroatoms. The molecule has 0 heterocycles. The molecule has 1 N–H and O–H groups in total. The molecule has 1 atom stereocenters. The second-order valence-corrected chi connectivity index (χ2v) is 12.8. The van der Waals surface area contributed by atoms with Crippen molar-refractivity contribution in [3.05, 3.63) is 94.5 Å². The fourth-order valence-electron chi connectivity index (χ4n) is 5.15. The topological polar surface area (TPSA) is 86.8 Å². The molecule has 1 aliphatic rings. The number of amides is 2. The van der Waals surface area contributed by atoms with Crippen molar-refractivity contribution in [1.29, 1.82) is 0 Å². The lowest BCUT2D eigenvalue weighted by Gasteiger charge is -2.32. The van der Waals surface area contributed by atoms with Crippen molar-refractivity contribution in [1.82, 2.24) is 10.2 Å². The van der Waals surface area contributed by atoms with Gasteiger partial charge in [0, 0.05) is 17.6 Å². The van der Waals surface area contributed by atoms with E-state index in [0.29, 0.717) is 10.7 Å². The molecule has 1 fully saturated rings. The molecule has 0 radical (unpaired) electrons. The van der Waals surface area contributed by atoms with Crippen LogP contribution in [0.25, 0.3) is 0 Å². The van der Waals surface area contributed by atoms with Crippen LogP contribution in [-0.2, 0) is 26.2 Å². The van der Waals surface area contributed by atoms with Crippen molar-refractivity contribution in [3.63, 3.8) is 0 Å². The first kappa shape index (κ1) is 29.6. The first-order valence-electron chi connectivity index (χ1n) is 13.5. The highest BCUT2D eigenvalue weighted by Gasteiger charge is 2.33. The van der Waals surface area contributed by atoms with Crippen LogP contribution in [0, 0.1) is 13.8 Å². The molecule has 1 unspecified atom stereocenters. The number of carbonyl (C=O) groups excluding carboxylic acids is 2. The molecule has 7 nitrogen and oxygen atoms in total. The monoisotopic (exact) mass is 581 g/mol. The van der Waals surface area contributed by atoms with Gasteiger partial charge in [0.2, 0.25) is 11.8 Å². The van der Waals surface area contributed by atoms with Gasteiger partial charge in [-0.2, -0.15) is 0 Å². The van der Waals surface area contributed by atoms with E-state index in [2.05, 4.69) is 5.32 Å². The summed E-state index contributed by atoms with van der Waals surface area (Å²) in [5.41, 5.74) is 2.87. The molecule has 0 bridgehead atoms. The largest absolute Gasteiger partial charge is 0.352 e. The van der Waals surface area contributed by atoms with Gasteiger partial charge in [-0.3, -0.25) is 13.9 Å². The van der Waals surface area contributed by atoms with E-state index in [1.165, 1.54) is 17.0 Å². The van der Waals surface area contributed by atoms with Crippen LogP contribution in [0.2, 0.25) is 5.02 Å². The average Bonchev–Trinajstić information content (AvgIpc) is 3.42. The van der Waals surface area contributed by atoms with Crippen LogP contribution in [0.5, 0.6) is 0 Å². The summed E-state index contributed by atoms with van der Waals surface area (Å²) in [6, 6.07) is 19.8. The molecule has 4 rings (SSSR count). The smallest absolute Gasteiger partial charge is 0.264 e. The van der Waals surface area contributed by atoms with Gasteiger partial charge in [-0.25, -0.2) is 8.42 Å². The summed E-state index contributed by atoms with van der Waals surface area (Å²) < 4.78 is 29.0. The summed E-state index contributed by atoms with van der Waals surface area (Å²) in [4.78, 5) is 28.9. The van der Waals surface area contributed by atoms with E-state index in [9.17, 15) is 18.0 Å². The summed E-state index contributed by atoms with van der Waals surface area (Å²) >= 11 is 6.21. The fourth-order valence-corrected chi connectivity index (χ4v) is 6.78. The second kappa shape index (κ2) is 12.9. The van der Waals surface area contributed by atoms with E-state index in [-0.39, 0.29) is 23.4 Å². The molecule has 3 aromatic rings. The highest BCUT2D eigenvalue weighted by molar-refractivity contribution is 7.92. The highest BCUT2D eigenvalue weighted by Crippen LogP contribution is 2.27. The highest BCUT2D eigenvalue weighted by atomic mass is 35.5. The van der Waals surface area contributed by atoms with E-state index in [1.54, 1.807) is 55.5 Å². The Labute approximate surface area is 242 Å². The standard InChI is InChI=1S/C31H36ClN3O4S/c1-22-16-23(2)18-28(17-22)35(40(38,39)29-14-5-4-6-15-29)21-30(36)34(20-25-10-9-11-26(32)19-25)24(3)31(37)33-27-12-7-8-13-27/h4-6,9-11,14-19,24,27H,7-8,12-13,20-21H2,1-3H3,(H,33,37). The van der Waals surface area contributed by atoms with Crippen molar-refractivity contribution >= 4 is 39.1 Å². The Bertz CT molecular complexity index is 1440. The number of anilines is 1. The summed E-state index contributed by atoms with van der Waals surface area (Å²) in [5, 5.41) is 3.59. The maximum atomic E-state index is 14.1. The van der Waals surface area contributed by atoms with Crippen LogP contribution in [0.4, 0.5) is 5.69 Å². The number of hydrogen-bond donors (Lipinski definition) is 1. The van der Waals surface area contributed by atoms with Gasteiger partial charge in [-0.05, 0) is 86.7 Å². The number of halogens is 1. The summed E-state index contributed by atoms with van der Waals surface area (Å²) in [6.45, 7) is 5.07. The lowest BCUT2D eigenvalue weighted by Crippen LogP contribution is -2.52. The second-order valence-electron chi connectivity index (χ2n) is 10.5. The molecule has 1 saturated carbocycles. The van der Waals surface area contributed by atoms with Gasteiger partial charge in [0.25, 0.3) is 10.0 Å². The number of hydrogen-bond acceptors (Lipinski definition) is 4. The van der Waals surface area contributed by atoms with Gasteiger partial charge in [0.1, 0.15) is 12.6 Å². The minimum absolute atomic E-state index is 0.0791. The minimum Gasteiger partial charge on any atom is -0.352 e. The van der Waals surface area contributed by atoms with Crippen LogP contribution in [0.15, 0.2) is 77.7 Å². The Balaban J connectivity index is 1.70. The van der Waals surface area contributed by atoms with Crippen LogP contribution < -0.4 is 9.62 Å². The van der Waals surface area contributed by atoms with Gasteiger partial charge in [-0.1, -0.05) is 60.8 Å². The molecular weight excluding hydrogens is 546 g/mol. The molecular formula is C31H36ClN3O4S. The Kier molecular flexibility index (Phi) is 9.53. The number of carbonyl (C=O) groups is 2. The zero-order valence-electron chi connectivity index (χ0n) is 23.1. The van der Waals surface area contributed by atoms with Crippen LogP contribution in [0.3, 0.4) is 0 Å². The number of rotatable bonds is 10. The van der Waals surface area contributed by atoms with Crippen LogP contribution in [0.1, 0.15) is 49.3 Å². The first-order chi connectivity index (χ1) is 19.0. The van der Waals surface area contributed by atoms with Crippen LogP contribution >= 0.6 is 11.6 Å². The SMILES string of the molecule is Cc1cc(C)cc(N(CC(=O)N(Cc2cccc(Cl)c2)C(C)C(=O)NC2CCCC2)S(=O)(=O)c2ccccc2)c1. The van der Waals surface area contributed by atoms with E-state index in [0.717, 1.165) is 46.7 Å². The Morgan fingerprint density at radius 1 is 0.950 bits per heavy atom. The Morgan fingerprint density at radius 2 is 1.60 bits per heavy atom. The molecule has 0 spiro atoms. The van der Waals surface area contributed by atoms with Crippen molar-refractivity contribution in [2.24, 2.45) is 0 Å². The predicted octanol–water partition coefficient (Wildman–Crippen LogP) is 5.63. The van der Waals surface area contributed by atoms with Gasteiger partial charge < -0.3 is 10.2 Å². The predicted molar refractivity (Wildman–Crippen MR) is 159 cm³/mol. The minimum atomic E-state index is -4.10. The molecule has 0 saturated heterocycles. The number of nitrogens with one attached hydrogen (secondary N) is 1. The molecule has 0 aromatic heterocycles. The maximum Gasteiger partial charge on any atom is 0.264 e. The summed E-state index contributed by atoms with van der Waals surface area (Å²) in [7, 11) is -4.10. The molecule has 1 aliphatic carbocycles. The lowest BCUT2D eigenvalue weighted by molar-refractivity contribution is -0.139. The quantitative estimate of drug-likeness (QED) is 0.336. The Morgan fingerprint density at radius 3 is 2.23 bits per heavy atom. The summed E-state index contributed by atoms with van der Waals surface area (Å²) in [6.07, 6.45) is 3.95. The molecule has 3 aromatic carbocycles. The van der Waals surface area contributed by atoms with Gasteiger partial charge in [-0.15, -0.1) is 0 Å². The van der Waals surface area contributed by atoms with Gasteiger partial charge in [0.15, 0.2) is 0 Å². The summed E-state index contributed by atoms with van der Waals surface area (Å²) in [5.74, 6) is -0.751. The van der Waals surface area contributed by atoms with Crippen molar-refractivity contribution in [2.75, 3.05) is 10.8 Å². The van der Waals surface area contributed by atoms with E-state index in [1.807, 2.05) is 26.0 Å². The van der Waals surface area contributed by atoms with Crippen molar-refractivity contribution in [2.45, 2.75) is 70.0 Å². The third-order valence-corrected chi connectivity index (χ3v) is 9.24. The third-order valence-electron chi connectivity index (χ3n) is 7.22. The Hall–Kier alpha value is -3.36. The molecule has 212 valence electrons. The normalized spacial score (nSPS) is 14.5. The van der Waals surface area contributed by atoms with Crippen molar-refractivity contribution in [3.8, 4) is 0 Å². The number of aryl methyl sites for hydroxylation is 2. The lowest BCUT2D eigenvalue weighted by atomic mass is 10.1. The van der Waals surface area contributed by atoms with Gasteiger partial charge >= 0.3 is 0 Å². The zero-order valence-corrected chi connectivity index (χ0v) is 24.7. The van der Waals surface area contributed by atoms with E-state index >= 15 is 0 Å². The number of sulfonamides is 1. The van der Waals surface area contributed by atoms with E-state index < -0.39 is 28.5 Å². The molecule has 2 amide bonds. The maximum absolute atomic E-state index is 14.1. The van der Waals surface area contributed by atoms with E-state index in [4.69, 9.17) is 11.6 Å². The molecule has 40 heavy (non-hydrogen) atoms. The fraction of sp³-hybridized carbons (Fsp3) is 0.355. The van der Waals surface area contributed by atoms with Gasteiger partial charge in [0.05, 0.1) is 10.6 Å². The number of benzene rings is 3. The van der Waals surface area contributed by atoms with Crippen molar-refractivity contribution < 1.29 is 18.0 Å². The number of nitrogens with zero attached hydrogens (tertiary/aromatic N) is 2. The first-order valence-corrected chi connectivity index (χ1v) is 15.4. The molecule has 0 aliphatic heterocycles. The third kappa shape index (κ3) is 7.23.